The van der Waals surface area contributed by atoms with Crippen LogP contribution in [0.4, 0.5) is 5.69 Å². The molecule has 0 bridgehead atoms. The van der Waals surface area contributed by atoms with Gasteiger partial charge < -0.3 is 5.32 Å². The van der Waals surface area contributed by atoms with Gasteiger partial charge in [-0.1, -0.05) is 12.1 Å². The molecule has 0 amide bonds. The van der Waals surface area contributed by atoms with E-state index in [-0.39, 0.29) is 5.41 Å². The molecule has 1 saturated carbocycles. The quantitative estimate of drug-likeness (QED) is 0.675. The summed E-state index contributed by atoms with van der Waals surface area (Å²) in [5.74, 6) is 0.356. The lowest BCUT2D eigenvalue weighted by Crippen LogP contribution is -2.31. The highest BCUT2D eigenvalue weighted by Gasteiger charge is 2.52. The zero-order valence-electron chi connectivity index (χ0n) is 8.26. The SMILES string of the molecule is Cc1cccc2c1NCC1(CC1)C2=O. The number of ketones is 1. The van der Waals surface area contributed by atoms with Gasteiger partial charge in [-0.05, 0) is 31.4 Å². The molecular formula is C12H13NO. The molecule has 1 aromatic carbocycles. The molecule has 1 aliphatic heterocycles. The summed E-state index contributed by atoms with van der Waals surface area (Å²) in [6, 6.07) is 5.95. The number of para-hydroxylation sites is 1. The van der Waals surface area contributed by atoms with Crippen LogP contribution in [-0.2, 0) is 0 Å². The Bertz CT molecular complexity index is 418. The molecule has 0 radical (unpaired) electrons. The van der Waals surface area contributed by atoms with Crippen molar-refractivity contribution in [3.8, 4) is 0 Å². The Balaban J connectivity index is 2.16. The van der Waals surface area contributed by atoms with Crippen molar-refractivity contribution < 1.29 is 4.79 Å². The van der Waals surface area contributed by atoms with Crippen LogP contribution in [0, 0.1) is 12.3 Å². The predicted molar refractivity (Wildman–Crippen MR) is 55.7 cm³/mol. The maximum absolute atomic E-state index is 12.1. The van der Waals surface area contributed by atoms with E-state index in [1.165, 1.54) is 5.56 Å². The summed E-state index contributed by atoms with van der Waals surface area (Å²) < 4.78 is 0. The first kappa shape index (κ1) is 8.04. The molecule has 2 aliphatic rings. The van der Waals surface area contributed by atoms with Gasteiger partial charge in [-0.2, -0.15) is 0 Å². The Kier molecular flexibility index (Phi) is 1.37. The smallest absolute Gasteiger partial charge is 0.172 e. The average molecular weight is 187 g/mol. The summed E-state index contributed by atoms with van der Waals surface area (Å²) in [6.45, 7) is 2.88. The van der Waals surface area contributed by atoms with E-state index in [0.29, 0.717) is 5.78 Å². The molecule has 1 spiro atoms. The molecule has 0 aromatic heterocycles. The first-order chi connectivity index (χ1) is 6.73. The zero-order valence-corrected chi connectivity index (χ0v) is 8.26. The van der Waals surface area contributed by atoms with Gasteiger partial charge in [0.25, 0.3) is 0 Å². The van der Waals surface area contributed by atoms with Crippen molar-refractivity contribution in [3.05, 3.63) is 29.3 Å². The lowest BCUT2D eigenvalue weighted by molar-refractivity contribution is 0.0903. The maximum Gasteiger partial charge on any atom is 0.172 e. The second-order valence-corrected chi connectivity index (χ2v) is 4.46. The molecule has 2 nitrogen and oxygen atoms in total. The molecule has 3 rings (SSSR count). The Labute approximate surface area is 83.3 Å². The number of rotatable bonds is 0. The van der Waals surface area contributed by atoms with Crippen molar-refractivity contribution >= 4 is 11.5 Å². The summed E-state index contributed by atoms with van der Waals surface area (Å²) >= 11 is 0. The first-order valence-corrected chi connectivity index (χ1v) is 5.11. The molecule has 2 heteroatoms. The summed E-state index contributed by atoms with van der Waals surface area (Å²) in [5, 5.41) is 3.39. The highest BCUT2D eigenvalue weighted by molar-refractivity contribution is 6.08. The second kappa shape index (κ2) is 2.38. The van der Waals surface area contributed by atoms with Gasteiger partial charge in [0.05, 0.1) is 5.41 Å². The number of Topliss-reactive ketones (excluding diaryl/α,β-unsaturated/α-hetero) is 1. The number of anilines is 1. The van der Waals surface area contributed by atoms with Crippen molar-refractivity contribution in [3.63, 3.8) is 0 Å². The summed E-state index contributed by atoms with van der Waals surface area (Å²) in [7, 11) is 0. The Morgan fingerprint density at radius 2 is 2.14 bits per heavy atom. The molecule has 72 valence electrons. The number of fused-ring (bicyclic) bond motifs is 1. The average Bonchev–Trinajstić information content (AvgIpc) is 2.94. The minimum Gasteiger partial charge on any atom is -0.383 e. The van der Waals surface area contributed by atoms with Gasteiger partial charge in [-0.3, -0.25) is 4.79 Å². The Morgan fingerprint density at radius 3 is 2.86 bits per heavy atom. The lowest BCUT2D eigenvalue weighted by Gasteiger charge is -2.25. The van der Waals surface area contributed by atoms with Gasteiger partial charge in [-0.15, -0.1) is 0 Å². The minimum absolute atomic E-state index is 0.0270. The van der Waals surface area contributed by atoms with E-state index in [9.17, 15) is 4.79 Å². The predicted octanol–water partition coefficient (Wildman–Crippen LogP) is 2.38. The summed E-state index contributed by atoms with van der Waals surface area (Å²) in [5.41, 5.74) is 3.09. The van der Waals surface area contributed by atoms with Gasteiger partial charge in [0.1, 0.15) is 0 Å². The molecule has 0 atom stereocenters. The fourth-order valence-corrected chi connectivity index (χ4v) is 2.27. The molecule has 1 heterocycles. The van der Waals surface area contributed by atoms with Gasteiger partial charge in [0.15, 0.2) is 5.78 Å². The number of carbonyl (C=O) groups is 1. The fraction of sp³-hybridized carbons (Fsp3) is 0.417. The largest absolute Gasteiger partial charge is 0.383 e. The summed E-state index contributed by atoms with van der Waals surface area (Å²) in [4.78, 5) is 12.1. The normalized spacial score (nSPS) is 21.6. The van der Waals surface area contributed by atoms with E-state index in [2.05, 4.69) is 5.32 Å². The highest BCUT2D eigenvalue weighted by atomic mass is 16.1. The molecule has 0 unspecified atom stereocenters. The molecule has 14 heavy (non-hydrogen) atoms. The van der Waals surface area contributed by atoms with E-state index >= 15 is 0 Å². The number of benzene rings is 1. The third-order valence-electron chi connectivity index (χ3n) is 3.46. The number of nitrogens with one attached hydrogen (secondary N) is 1. The van der Waals surface area contributed by atoms with Crippen molar-refractivity contribution in [2.75, 3.05) is 11.9 Å². The van der Waals surface area contributed by atoms with Crippen molar-refractivity contribution in [2.45, 2.75) is 19.8 Å². The molecule has 1 aromatic rings. The van der Waals surface area contributed by atoms with Crippen molar-refractivity contribution in [2.24, 2.45) is 5.41 Å². The maximum atomic E-state index is 12.1. The number of aryl methyl sites for hydroxylation is 1. The number of hydrogen-bond donors (Lipinski definition) is 1. The van der Waals surface area contributed by atoms with E-state index in [4.69, 9.17) is 0 Å². The molecule has 0 saturated heterocycles. The monoisotopic (exact) mass is 187 g/mol. The van der Waals surface area contributed by atoms with Crippen LogP contribution in [0.1, 0.15) is 28.8 Å². The van der Waals surface area contributed by atoms with Crippen LogP contribution in [0.15, 0.2) is 18.2 Å². The van der Waals surface area contributed by atoms with Crippen LogP contribution in [0.5, 0.6) is 0 Å². The van der Waals surface area contributed by atoms with Crippen LogP contribution in [0.2, 0.25) is 0 Å². The van der Waals surface area contributed by atoms with E-state index < -0.39 is 0 Å². The van der Waals surface area contributed by atoms with Crippen molar-refractivity contribution in [1.29, 1.82) is 0 Å². The topological polar surface area (TPSA) is 29.1 Å². The van der Waals surface area contributed by atoms with Crippen LogP contribution in [0.3, 0.4) is 0 Å². The molecule has 1 N–H and O–H groups in total. The van der Waals surface area contributed by atoms with E-state index in [1.807, 2.05) is 25.1 Å². The van der Waals surface area contributed by atoms with Gasteiger partial charge in [-0.25, -0.2) is 0 Å². The number of carbonyl (C=O) groups excluding carboxylic acids is 1. The van der Waals surface area contributed by atoms with E-state index in [0.717, 1.165) is 30.6 Å². The molecule has 1 aliphatic carbocycles. The lowest BCUT2D eigenvalue weighted by atomic mass is 9.88. The summed E-state index contributed by atoms with van der Waals surface area (Å²) in [6.07, 6.45) is 2.12. The van der Waals surface area contributed by atoms with Crippen LogP contribution in [0.25, 0.3) is 0 Å². The van der Waals surface area contributed by atoms with E-state index in [1.54, 1.807) is 0 Å². The zero-order chi connectivity index (χ0) is 9.76. The van der Waals surface area contributed by atoms with Crippen LogP contribution >= 0.6 is 0 Å². The van der Waals surface area contributed by atoms with Crippen LogP contribution < -0.4 is 5.32 Å². The first-order valence-electron chi connectivity index (χ1n) is 5.11. The second-order valence-electron chi connectivity index (χ2n) is 4.46. The Morgan fingerprint density at radius 1 is 1.36 bits per heavy atom. The minimum atomic E-state index is -0.0270. The third-order valence-corrected chi connectivity index (χ3v) is 3.46. The fourth-order valence-electron chi connectivity index (χ4n) is 2.27. The number of hydrogen-bond acceptors (Lipinski definition) is 2. The third kappa shape index (κ3) is 0.884. The van der Waals surface area contributed by atoms with Gasteiger partial charge in [0.2, 0.25) is 0 Å². The van der Waals surface area contributed by atoms with Crippen LogP contribution in [-0.4, -0.2) is 12.3 Å². The Hall–Kier alpha value is -1.31. The van der Waals surface area contributed by atoms with Gasteiger partial charge in [0, 0.05) is 17.8 Å². The standard InChI is InChI=1S/C12H13NO/c1-8-3-2-4-9-10(8)13-7-12(5-6-12)11(9)14/h2-4,13H,5-7H2,1H3. The molecular weight excluding hydrogens is 174 g/mol. The van der Waals surface area contributed by atoms with Gasteiger partial charge >= 0.3 is 0 Å². The highest BCUT2D eigenvalue weighted by Crippen LogP contribution is 2.51. The van der Waals surface area contributed by atoms with Crippen molar-refractivity contribution in [1.82, 2.24) is 0 Å². The molecule has 1 fully saturated rings.